The van der Waals surface area contributed by atoms with Crippen LogP contribution in [0.1, 0.15) is 62.1 Å². The van der Waals surface area contributed by atoms with Crippen LogP contribution in [0, 0.1) is 5.92 Å². The number of anilines is 1. The van der Waals surface area contributed by atoms with E-state index in [1.165, 1.54) is 13.2 Å². The number of nitrogens with one attached hydrogen (secondary N) is 1. The van der Waals surface area contributed by atoms with E-state index in [4.69, 9.17) is 10.5 Å². The summed E-state index contributed by atoms with van der Waals surface area (Å²) in [6.45, 7) is 3.22. The molecule has 1 atom stereocenters. The minimum Gasteiger partial charge on any atom is -0.504 e. The zero-order valence-corrected chi connectivity index (χ0v) is 20.5. The summed E-state index contributed by atoms with van der Waals surface area (Å²) in [5, 5.41) is 13.4. The molecular weight excluding hydrogens is 430 g/mol. The molecule has 0 aliphatic rings. The minimum absolute atomic E-state index is 0.0138. The van der Waals surface area contributed by atoms with Crippen LogP contribution in [0.2, 0.25) is 0 Å². The Balaban J connectivity index is 1.94. The molecule has 1 aromatic carbocycles. The average molecular weight is 468 g/mol. The number of aromatic hydroxyl groups is 1. The number of phenols is 1. The van der Waals surface area contributed by atoms with Gasteiger partial charge in [-0.05, 0) is 79.7 Å². The maximum Gasteiger partial charge on any atom is 0.163 e. The zero-order chi connectivity index (χ0) is 24.9. The third kappa shape index (κ3) is 9.35. The lowest BCUT2D eigenvalue weighted by molar-refractivity contribution is -0.124. The number of aromatic nitrogens is 1. The summed E-state index contributed by atoms with van der Waals surface area (Å²) in [4.78, 5) is 28.7. The number of nitrogens with zero attached hydrogens (tertiary/aromatic N) is 1. The van der Waals surface area contributed by atoms with Crippen molar-refractivity contribution in [3.8, 4) is 11.5 Å². The van der Waals surface area contributed by atoms with E-state index in [0.717, 1.165) is 48.9 Å². The first-order valence-electron chi connectivity index (χ1n) is 11.8. The molecular formula is C27H37N3O4. The summed E-state index contributed by atoms with van der Waals surface area (Å²) in [5.41, 5.74) is 8.09. The second kappa shape index (κ2) is 14.2. The molecule has 0 aliphatic carbocycles. The van der Waals surface area contributed by atoms with Crippen LogP contribution >= 0.6 is 0 Å². The van der Waals surface area contributed by atoms with E-state index < -0.39 is 0 Å². The van der Waals surface area contributed by atoms with E-state index >= 15 is 0 Å². The van der Waals surface area contributed by atoms with E-state index in [9.17, 15) is 14.7 Å². The molecule has 0 radical (unpaired) electrons. The van der Waals surface area contributed by atoms with Crippen molar-refractivity contribution in [3.05, 3.63) is 53.2 Å². The number of nitrogens with two attached hydrogens (primary N) is 1. The number of allylic oxidation sites excluding steroid dienone is 1. The van der Waals surface area contributed by atoms with Gasteiger partial charge in [0.15, 0.2) is 17.3 Å². The summed E-state index contributed by atoms with van der Waals surface area (Å²) in [5.74, 6) is 1.12. The molecule has 0 bridgehead atoms. The van der Waals surface area contributed by atoms with Crippen molar-refractivity contribution in [2.75, 3.05) is 26.4 Å². The topological polar surface area (TPSA) is 115 Å². The Morgan fingerprint density at radius 1 is 1.24 bits per heavy atom. The van der Waals surface area contributed by atoms with Crippen molar-refractivity contribution < 1.29 is 19.4 Å². The van der Waals surface area contributed by atoms with Crippen LogP contribution in [0.4, 0.5) is 5.82 Å². The quantitative estimate of drug-likeness (QED) is 0.203. The summed E-state index contributed by atoms with van der Waals surface area (Å²) < 4.78 is 5.21. The number of hydrogen-bond donors (Lipinski definition) is 3. The van der Waals surface area contributed by atoms with Crippen molar-refractivity contribution in [1.82, 2.24) is 10.3 Å². The van der Waals surface area contributed by atoms with Crippen molar-refractivity contribution >= 4 is 23.5 Å². The molecule has 0 saturated heterocycles. The highest BCUT2D eigenvalue weighted by atomic mass is 16.5. The Kier molecular flexibility index (Phi) is 11.3. The molecule has 34 heavy (non-hydrogen) atoms. The predicted molar refractivity (Wildman–Crippen MR) is 136 cm³/mol. The molecule has 0 spiro atoms. The minimum atomic E-state index is -0.236. The molecule has 0 amide bonds. The summed E-state index contributed by atoms with van der Waals surface area (Å²) in [6.07, 6.45) is 9.65. The first kappa shape index (κ1) is 27.1. The Labute approximate surface area is 202 Å². The number of ketones is 2. The molecule has 184 valence electrons. The lowest BCUT2D eigenvalue weighted by Crippen LogP contribution is -2.15. The number of rotatable bonds is 15. The standard InChI is InChI=1S/C27H37N3O4/c1-19(17-29-2)7-5-4-6-8-23(31)16-24(32)11-10-21-15-26(34-3)25(33)14-22(21)13-20-9-12-27(28)30-18-20/h9-12,14-15,18-19,29,33H,4-8,13,16-17H2,1-3H3,(H2,28,30). The molecule has 7 nitrogen and oxygen atoms in total. The summed E-state index contributed by atoms with van der Waals surface area (Å²) >= 11 is 0. The molecule has 1 heterocycles. The smallest absolute Gasteiger partial charge is 0.163 e. The van der Waals surface area contributed by atoms with E-state index in [1.54, 1.807) is 30.5 Å². The van der Waals surface area contributed by atoms with Gasteiger partial charge in [0.05, 0.1) is 13.5 Å². The number of methoxy groups -OCH3 is 1. The van der Waals surface area contributed by atoms with Gasteiger partial charge in [0.2, 0.25) is 0 Å². The number of carbonyl (C=O) groups is 2. The van der Waals surface area contributed by atoms with E-state index in [-0.39, 0.29) is 23.7 Å². The largest absolute Gasteiger partial charge is 0.504 e. The van der Waals surface area contributed by atoms with Gasteiger partial charge in [-0.15, -0.1) is 0 Å². The number of phenolic OH excluding ortho intramolecular Hbond substituents is 1. The molecule has 1 unspecified atom stereocenters. The number of pyridine rings is 1. The molecule has 0 fully saturated rings. The zero-order valence-electron chi connectivity index (χ0n) is 20.5. The van der Waals surface area contributed by atoms with Crippen molar-refractivity contribution in [1.29, 1.82) is 0 Å². The number of hydrogen-bond acceptors (Lipinski definition) is 7. The number of unbranched alkanes of at least 4 members (excludes halogenated alkanes) is 2. The fraction of sp³-hybridized carbons (Fsp3) is 0.444. The Morgan fingerprint density at radius 3 is 2.71 bits per heavy atom. The normalized spacial score (nSPS) is 12.1. The lowest BCUT2D eigenvalue weighted by atomic mass is 9.98. The van der Waals surface area contributed by atoms with Gasteiger partial charge in [0.25, 0.3) is 0 Å². The fourth-order valence-corrected chi connectivity index (χ4v) is 3.83. The molecule has 7 heteroatoms. The fourth-order valence-electron chi connectivity index (χ4n) is 3.83. The second-order valence-electron chi connectivity index (χ2n) is 8.77. The first-order valence-corrected chi connectivity index (χ1v) is 11.8. The van der Waals surface area contributed by atoms with Crippen LogP contribution in [0.25, 0.3) is 6.08 Å². The molecule has 2 rings (SSSR count). The van der Waals surface area contributed by atoms with E-state index in [1.807, 2.05) is 13.1 Å². The Bertz CT molecular complexity index is 971. The summed E-state index contributed by atoms with van der Waals surface area (Å²) in [6, 6.07) is 6.87. The Hall–Kier alpha value is -3.19. The van der Waals surface area contributed by atoms with E-state index in [2.05, 4.69) is 17.2 Å². The van der Waals surface area contributed by atoms with Crippen LogP contribution < -0.4 is 15.8 Å². The third-order valence-corrected chi connectivity index (χ3v) is 5.71. The van der Waals surface area contributed by atoms with Gasteiger partial charge in [0, 0.05) is 12.6 Å². The highest BCUT2D eigenvalue weighted by Gasteiger charge is 2.11. The molecule has 4 N–H and O–H groups in total. The van der Waals surface area contributed by atoms with E-state index in [0.29, 0.717) is 30.3 Å². The average Bonchev–Trinajstić information content (AvgIpc) is 2.80. The van der Waals surface area contributed by atoms with Gasteiger partial charge in [0.1, 0.15) is 11.6 Å². The highest BCUT2D eigenvalue weighted by molar-refractivity contribution is 6.06. The van der Waals surface area contributed by atoms with Gasteiger partial charge in [-0.2, -0.15) is 0 Å². The van der Waals surface area contributed by atoms with Gasteiger partial charge in [-0.25, -0.2) is 4.98 Å². The van der Waals surface area contributed by atoms with Crippen molar-refractivity contribution in [2.24, 2.45) is 5.92 Å². The number of nitrogen functional groups attached to an aromatic ring is 1. The number of ether oxygens (including phenoxy) is 1. The van der Waals surface area contributed by atoms with Crippen LogP contribution in [0.5, 0.6) is 11.5 Å². The second-order valence-corrected chi connectivity index (χ2v) is 8.77. The van der Waals surface area contributed by atoms with Crippen LogP contribution in [-0.4, -0.2) is 42.4 Å². The predicted octanol–water partition coefficient (Wildman–Crippen LogP) is 4.32. The van der Waals surface area contributed by atoms with Crippen molar-refractivity contribution in [2.45, 2.75) is 51.9 Å². The van der Waals surface area contributed by atoms with Crippen LogP contribution in [0.15, 0.2) is 36.5 Å². The van der Waals surface area contributed by atoms with Gasteiger partial charge in [-0.3, -0.25) is 9.59 Å². The highest BCUT2D eigenvalue weighted by Crippen LogP contribution is 2.31. The molecule has 2 aromatic rings. The van der Waals surface area contributed by atoms with Crippen LogP contribution in [0.3, 0.4) is 0 Å². The third-order valence-electron chi connectivity index (χ3n) is 5.71. The maximum absolute atomic E-state index is 12.4. The molecule has 0 aliphatic heterocycles. The summed E-state index contributed by atoms with van der Waals surface area (Å²) in [7, 11) is 3.42. The van der Waals surface area contributed by atoms with Crippen molar-refractivity contribution in [3.63, 3.8) is 0 Å². The van der Waals surface area contributed by atoms with Crippen LogP contribution in [-0.2, 0) is 16.0 Å². The number of benzene rings is 1. The maximum atomic E-state index is 12.4. The number of carbonyl (C=O) groups excluding carboxylic acids is 2. The molecule has 0 saturated carbocycles. The molecule has 1 aromatic heterocycles. The van der Waals surface area contributed by atoms with Gasteiger partial charge in [-0.1, -0.05) is 31.9 Å². The number of Topliss-reactive ketones (excluding diaryl/α,β-unsaturated/α-hetero) is 1. The first-order chi connectivity index (χ1) is 16.3. The van der Waals surface area contributed by atoms with Gasteiger partial charge >= 0.3 is 0 Å². The SMILES string of the molecule is CNCC(C)CCCCCC(=O)CC(=O)C=Cc1cc(OC)c(O)cc1Cc1ccc(N)nc1. The van der Waals surface area contributed by atoms with Gasteiger partial charge < -0.3 is 20.9 Å². The monoisotopic (exact) mass is 467 g/mol. The Morgan fingerprint density at radius 2 is 2.03 bits per heavy atom. The lowest BCUT2D eigenvalue weighted by Gasteiger charge is -2.11.